The topological polar surface area (TPSA) is 40.5 Å². The third-order valence-corrected chi connectivity index (χ3v) is 2.78. The first kappa shape index (κ1) is 14.8. The van der Waals surface area contributed by atoms with Gasteiger partial charge in [-0.1, -0.05) is 13.3 Å². The number of hydrogen-bond acceptors (Lipinski definition) is 2. The van der Waals surface area contributed by atoms with Crippen molar-refractivity contribution in [1.29, 1.82) is 0 Å². The molecule has 100 valence electrons. The Morgan fingerprint density at radius 2 is 2.17 bits per heavy atom. The zero-order valence-corrected chi connectivity index (χ0v) is 11.1. The van der Waals surface area contributed by atoms with Crippen molar-refractivity contribution in [3.05, 3.63) is 29.6 Å². The van der Waals surface area contributed by atoms with Crippen LogP contribution < -0.4 is 0 Å². The first-order chi connectivity index (χ1) is 8.60. The van der Waals surface area contributed by atoms with Gasteiger partial charge in [-0.3, -0.25) is 4.79 Å². The second-order valence-electron chi connectivity index (χ2n) is 4.00. The van der Waals surface area contributed by atoms with Crippen LogP contribution in [0.4, 0.5) is 4.39 Å². The first-order valence-corrected chi connectivity index (χ1v) is 6.47. The average Bonchev–Trinajstić information content (AvgIpc) is 2.33. The number of nitrogens with zero attached hydrogens (tertiary/aromatic N) is 1. The van der Waals surface area contributed by atoms with Gasteiger partial charge in [0.15, 0.2) is 0 Å². The van der Waals surface area contributed by atoms with Gasteiger partial charge in [-0.25, -0.2) is 4.39 Å². The molecule has 0 heterocycles. The molecule has 0 saturated carbocycles. The molecule has 0 aliphatic heterocycles. The predicted octanol–water partition coefficient (Wildman–Crippen LogP) is 3.01. The van der Waals surface area contributed by atoms with Gasteiger partial charge in [0.1, 0.15) is 11.6 Å². The van der Waals surface area contributed by atoms with E-state index in [0.717, 1.165) is 18.9 Å². The lowest BCUT2D eigenvalue weighted by Crippen LogP contribution is -2.34. The van der Waals surface area contributed by atoms with Crippen molar-refractivity contribution in [2.24, 2.45) is 0 Å². The Labute approximate surface area is 111 Å². The zero-order valence-electron chi connectivity index (χ0n) is 10.3. The first-order valence-electron chi connectivity index (χ1n) is 5.94. The molecule has 0 aliphatic carbocycles. The molecule has 1 amide bonds. The van der Waals surface area contributed by atoms with Gasteiger partial charge in [-0.2, -0.15) is 0 Å². The molecule has 0 radical (unpaired) electrons. The number of halogens is 2. The summed E-state index contributed by atoms with van der Waals surface area (Å²) >= 11 is 5.64. The number of aromatic hydroxyl groups is 1. The van der Waals surface area contributed by atoms with E-state index in [-0.39, 0.29) is 17.2 Å². The Kier molecular flexibility index (Phi) is 5.92. The van der Waals surface area contributed by atoms with Gasteiger partial charge in [0.2, 0.25) is 0 Å². The average molecular weight is 274 g/mol. The summed E-state index contributed by atoms with van der Waals surface area (Å²) in [6.07, 6.45) is 1.80. The van der Waals surface area contributed by atoms with Crippen LogP contribution in [-0.2, 0) is 0 Å². The molecule has 1 N–H and O–H groups in total. The highest BCUT2D eigenvalue weighted by molar-refractivity contribution is 6.18. The van der Waals surface area contributed by atoms with Gasteiger partial charge in [0, 0.05) is 25.0 Å². The largest absolute Gasteiger partial charge is 0.508 e. The third kappa shape index (κ3) is 3.88. The van der Waals surface area contributed by atoms with Gasteiger partial charge in [0.25, 0.3) is 5.91 Å². The van der Waals surface area contributed by atoms with Crippen LogP contribution >= 0.6 is 11.6 Å². The number of carbonyl (C=O) groups excluding carboxylic acids is 1. The zero-order chi connectivity index (χ0) is 13.5. The van der Waals surface area contributed by atoms with Crippen LogP contribution in [0.5, 0.6) is 5.75 Å². The standard InChI is InChI=1S/C13H17ClFNO2/c1-2-3-7-16(8-6-14)13(18)11-5-4-10(17)9-12(11)15/h4-5,9,17H,2-3,6-8H2,1H3. The molecule has 0 spiro atoms. The lowest BCUT2D eigenvalue weighted by atomic mass is 10.1. The molecule has 0 saturated heterocycles. The summed E-state index contributed by atoms with van der Waals surface area (Å²) in [7, 11) is 0. The van der Waals surface area contributed by atoms with Crippen LogP contribution in [0.3, 0.4) is 0 Å². The second-order valence-corrected chi connectivity index (χ2v) is 4.38. The number of amides is 1. The van der Waals surface area contributed by atoms with Crippen LogP contribution in [0, 0.1) is 5.82 Å². The van der Waals surface area contributed by atoms with E-state index in [4.69, 9.17) is 16.7 Å². The maximum Gasteiger partial charge on any atom is 0.256 e. The molecule has 1 aromatic rings. The van der Waals surface area contributed by atoms with Crippen LogP contribution in [0.15, 0.2) is 18.2 Å². The number of phenolic OH excluding ortho intramolecular Hbond substituents is 1. The molecule has 18 heavy (non-hydrogen) atoms. The van der Waals surface area contributed by atoms with E-state index in [1.54, 1.807) is 0 Å². The fourth-order valence-electron chi connectivity index (χ4n) is 1.61. The molecule has 0 aromatic heterocycles. The van der Waals surface area contributed by atoms with Crippen molar-refractivity contribution in [3.63, 3.8) is 0 Å². The SMILES string of the molecule is CCCCN(CCCl)C(=O)c1ccc(O)cc1F. The molecule has 0 bridgehead atoms. The van der Waals surface area contributed by atoms with E-state index >= 15 is 0 Å². The molecule has 3 nitrogen and oxygen atoms in total. The van der Waals surface area contributed by atoms with Gasteiger partial charge in [-0.05, 0) is 18.6 Å². The Bertz CT molecular complexity index is 412. The Hall–Kier alpha value is -1.29. The van der Waals surface area contributed by atoms with E-state index in [1.165, 1.54) is 17.0 Å². The summed E-state index contributed by atoms with van der Waals surface area (Å²) < 4.78 is 13.6. The summed E-state index contributed by atoms with van der Waals surface area (Å²) in [6.45, 7) is 2.97. The van der Waals surface area contributed by atoms with Gasteiger partial charge in [-0.15, -0.1) is 11.6 Å². The predicted molar refractivity (Wildman–Crippen MR) is 69.6 cm³/mol. The lowest BCUT2D eigenvalue weighted by Gasteiger charge is -2.21. The van der Waals surface area contributed by atoms with Gasteiger partial charge < -0.3 is 10.0 Å². The highest BCUT2D eigenvalue weighted by atomic mass is 35.5. The molecular formula is C13H17ClFNO2. The van der Waals surface area contributed by atoms with Crippen LogP contribution in [0.25, 0.3) is 0 Å². The molecule has 5 heteroatoms. The summed E-state index contributed by atoms with van der Waals surface area (Å²) in [6, 6.07) is 3.53. The maximum absolute atomic E-state index is 13.6. The summed E-state index contributed by atoms with van der Waals surface area (Å²) in [5, 5.41) is 9.12. The smallest absolute Gasteiger partial charge is 0.256 e. The molecular weight excluding hydrogens is 257 g/mol. The minimum absolute atomic E-state index is 0.0333. The molecule has 1 rings (SSSR count). The minimum Gasteiger partial charge on any atom is -0.508 e. The van der Waals surface area contributed by atoms with Crippen molar-refractivity contribution < 1.29 is 14.3 Å². The van der Waals surface area contributed by atoms with E-state index in [2.05, 4.69) is 0 Å². The quantitative estimate of drug-likeness (QED) is 0.810. The fourth-order valence-corrected chi connectivity index (χ4v) is 1.82. The molecule has 0 unspecified atom stereocenters. The number of unbranched alkanes of at least 4 members (excludes halogenated alkanes) is 1. The number of hydrogen-bond donors (Lipinski definition) is 1. The van der Waals surface area contributed by atoms with Crippen LogP contribution in [-0.4, -0.2) is 34.9 Å². The van der Waals surface area contributed by atoms with Gasteiger partial charge in [0.05, 0.1) is 5.56 Å². The van der Waals surface area contributed by atoms with E-state index in [1.807, 2.05) is 6.92 Å². The Morgan fingerprint density at radius 1 is 1.44 bits per heavy atom. The van der Waals surface area contributed by atoms with Crippen LogP contribution in [0.1, 0.15) is 30.1 Å². The molecule has 0 aliphatic rings. The fraction of sp³-hybridized carbons (Fsp3) is 0.462. The lowest BCUT2D eigenvalue weighted by molar-refractivity contribution is 0.0758. The van der Waals surface area contributed by atoms with Crippen molar-refractivity contribution >= 4 is 17.5 Å². The Morgan fingerprint density at radius 3 is 2.72 bits per heavy atom. The monoisotopic (exact) mass is 273 g/mol. The van der Waals surface area contributed by atoms with E-state index in [9.17, 15) is 9.18 Å². The molecule has 0 atom stereocenters. The highest BCUT2D eigenvalue weighted by Crippen LogP contribution is 2.17. The molecule has 1 aromatic carbocycles. The highest BCUT2D eigenvalue weighted by Gasteiger charge is 2.18. The number of benzene rings is 1. The Balaban J connectivity index is 2.87. The van der Waals surface area contributed by atoms with Gasteiger partial charge >= 0.3 is 0 Å². The number of carbonyl (C=O) groups is 1. The van der Waals surface area contributed by atoms with Crippen molar-refractivity contribution in [1.82, 2.24) is 4.90 Å². The third-order valence-electron chi connectivity index (χ3n) is 2.61. The number of phenols is 1. The second kappa shape index (κ2) is 7.21. The number of rotatable bonds is 6. The van der Waals surface area contributed by atoms with Crippen molar-refractivity contribution in [2.75, 3.05) is 19.0 Å². The maximum atomic E-state index is 13.6. The van der Waals surface area contributed by atoms with E-state index in [0.29, 0.717) is 19.0 Å². The van der Waals surface area contributed by atoms with Crippen molar-refractivity contribution in [2.45, 2.75) is 19.8 Å². The summed E-state index contributed by atoms with van der Waals surface area (Å²) in [5.74, 6) is -0.978. The minimum atomic E-state index is -0.712. The van der Waals surface area contributed by atoms with Crippen molar-refractivity contribution in [3.8, 4) is 5.75 Å². The summed E-state index contributed by atoms with van der Waals surface area (Å²) in [4.78, 5) is 13.7. The molecule has 0 fully saturated rings. The van der Waals surface area contributed by atoms with E-state index < -0.39 is 5.82 Å². The normalized spacial score (nSPS) is 10.4. The number of alkyl halides is 1. The van der Waals surface area contributed by atoms with Crippen LogP contribution in [0.2, 0.25) is 0 Å². The summed E-state index contributed by atoms with van der Waals surface area (Å²) in [5.41, 5.74) is -0.0333.